The number of para-hydroxylation sites is 1. The van der Waals surface area contributed by atoms with Gasteiger partial charge in [0.1, 0.15) is 0 Å². The summed E-state index contributed by atoms with van der Waals surface area (Å²) in [4.78, 5) is 20.3. The Balaban J connectivity index is 1.81. The van der Waals surface area contributed by atoms with Gasteiger partial charge in [-0.15, -0.1) is 11.3 Å². The van der Waals surface area contributed by atoms with E-state index < -0.39 is 0 Å². The molecule has 3 rings (SSSR count). The van der Waals surface area contributed by atoms with Gasteiger partial charge in [0.15, 0.2) is 0 Å². The summed E-state index contributed by atoms with van der Waals surface area (Å²) in [6, 6.07) is 9.52. The Morgan fingerprint density at radius 1 is 1.20 bits per heavy atom. The Labute approximate surface area is 119 Å². The molecule has 0 bridgehead atoms. The second kappa shape index (κ2) is 5.63. The van der Waals surface area contributed by atoms with Crippen molar-refractivity contribution in [3.8, 4) is 0 Å². The highest BCUT2D eigenvalue weighted by molar-refractivity contribution is 7.07. The number of hydrogen-bond donors (Lipinski definition) is 1. The molecule has 98 valence electrons. The topological polar surface area (TPSA) is 54.9 Å². The number of pyridine rings is 1. The van der Waals surface area contributed by atoms with E-state index in [2.05, 4.69) is 15.3 Å². The Kier molecular flexibility index (Phi) is 3.52. The second-order valence-electron chi connectivity index (χ2n) is 4.12. The van der Waals surface area contributed by atoms with Crippen molar-refractivity contribution in [1.82, 2.24) is 9.97 Å². The number of anilines is 1. The summed E-state index contributed by atoms with van der Waals surface area (Å²) >= 11 is 1.49. The lowest BCUT2D eigenvalue weighted by Crippen LogP contribution is -2.08. The van der Waals surface area contributed by atoms with Gasteiger partial charge in [0.05, 0.1) is 22.4 Å². The number of aromatic nitrogens is 2. The molecule has 3 aromatic rings. The molecule has 4 nitrogen and oxygen atoms in total. The van der Waals surface area contributed by atoms with Gasteiger partial charge in [-0.1, -0.05) is 18.2 Å². The standard InChI is InChI=1S/C15H11N3OS/c19-14(7-6-12-9-20-10-17-12)18-13-5-1-3-11-4-2-8-16-15(11)13/h1-10H,(H,18,19)/b7-6-. The Morgan fingerprint density at radius 2 is 2.10 bits per heavy atom. The number of benzene rings is 1. The van der Waals surface area contributed by atoms with Crippen molar-refractivity contribution in [1.29, 1.82) is 0 Å². The Bertz CT molecular complexity index is 760. The van der Waals surface area contributed by atoms with Gasteiger partial charge in [-0.2, -0.15) is 0 Å². The van der Waals surface area contributed by atoms with E-state index in [4.69, 9.17) is 0 Å². The molecule has 1 aromatic carbocycles. The molecule has 0 fully saturated rings. The highest BCUT2D eigenvalue weighted by atomic mass is 32.1. The van der Waals surface area contributed by atoms with E-state index in [-0.39, 0.29) is 5.91 Å². The smallest absolute Gasteiger partial charge is 0.248 e. The number of carbonyl (C=O) groups is 1. The molecule has 2 heterocycles. The number of hydrogen-bond acceptors (Lipinski definition) is 4. The lowest BCUT2D eigenvalue weighted by molar-refractivity contribution is -0.111. The summed E-state index contributed by atoms with van der Waals surface area (Å²) in [6.45, 7) is 0. The van der Waals surface area contributed by atoms with Crippen molar-refractivity contribution < 1.29 is 4.79 Å². The predicted molar refractivity (Wildman–Crippen MR) is 81.5 cm³/mol. The second-order valence-corrected chi connectivity index (χ2v) is 4.84. The molecule has 20 heavy (non-hydrogen) atoms. The maximum Gasteiger partial charge on any atom is 0.248 e. The van der Waals surface area contributed by atoms with Gasteiger partial charge in [0, 0.05) is 23.0 Å². The van der Waals surface area contributed by atoms with Crippen molar-refractivity contribution in [2.24, 2.45) is 0 Å². The predicted octanol–water partition coefficient (Wildman–Crippen LogP) is 3.34. The first-order valence-corrected chi connectivity index (χ1v) is 6.98. The summed E-state index contributed by atoms with van der Waals surface area (Å²) in [5.41, 5.74) is 3.99. The zero-order valence-electron chi connectivity index (χ0n) is 10.5. The molecule has 1 N–H and O–H groups in total. The molecule has 0 aliphatic carbocycles. The van der Waals surface area contributed by atoms with Crippen molar-refractivity contribution in [3.05, 3.63) is 59.2 Å². The fraction of sp³-hybridized carbons (Fsp3) is 0. The molecule has 1 amide bonds. The number of rotatable bonds is 3. The van der Waals surface area contributed by atoms with Crippen LogP contribution in [-0.4, -0.2) is 15.9 Å². The Morgan fingerprint density at radius 3 is 2.95 bits per heavy atom. The maximum absolute atomic E-state index is 11.9. The number of carbonyl (C=O) groups excluding carboxylic acids is 1. The first kappa shape index (κ1) is 12.5. The van der Waals surface area contributed by atoms with Crippen molar-refractivity contribution >= 4 is 39.9 Å². The van der Waals surface area contributed by atoms with E-state index in [9.17, 15) is 4.79 Å². The molecular formula is C15H11N3OS. The number of thiazole rings is 1. The van der Waals surface area contributed by atoms with Gasteiger partial charge in [-0.3, -0.25) is 9.78 Å². The van der Waals surface area contributed by atoms with E-state index in [1.807, 2.05) is 35.7 Å². The number of amides is 1. The number of fused-ring (bicyclic) bond motifs is 1. The van der Waals surface area contributed by atoms with Crippen LogP contribution in [0.1, 0.15) is 5.69 Å². The molecule has 2 aromatic heterocycles. The third kappa shape index (κ3) is 2.73. The summed E-state index contributed by atoms with van der Waals surface area (Å²) < 4.78 is 0. The van der Waals surface area contributed by atoms with Gasteiger partial charge in [0.2, 0.25) is 5.91 Å². The molecule has 5 heteroatoms. The normalized spacial score (nSPS) is 11.0. The highest BCUT2D eigenvalue weighted by Crippen LogP contribution is 2.20. The molecule has 0 saturated heterocycles. The van der Waals surface area contributed by atoms with Crippen molar-refractivity contribution in [2.45, 2.75) is 0 Å². The van der Waals surface area contributed by atoms with Crippen LogP contribution in [0.5, 0.6) is 0 Å². The lowest BCUT2D eigenvalue weighted by Gasteiger charge is -2.05. The van der Waals surface area contributed by atoms with Gasteiger partial charge in [0.25, 0.3) is 0 Å². The van der Waals surface area contributed by atoms with Crippen LogP contribution in [0.4, 0.5) is 5.69 Å². The van der Waals surface area contributed by atoms with Crippen LogP contribution in [0.2, 0.25) is 0 Å². The van der Waals surface area contributed by atoms with Crippen LogP contribution < -0.4 is 5.32 Å². The summed E-state index contributed by atoms with van der Waals surface area (Å²) in [5, 5.41) is 5.71. The number of nitrogens with zero attached hydrogens (tertiary/aromatic N) is 2. The summed E-state index contributed by atoms with van der Waals surface area (Å²) in [6.07, 6.45) is 4.87. The minimum Gasteiger partial charge on any atom is -0.321 e. The summed E-state index contributed by atoms with van der Waals surface area (Å²) in [7, 11) is 0. The van der Waals surface area contributed by atoms with Crippen molar-refractivity contribution in [3.63, 3.8) is 0 Å². The van der Waals surface area contributed by atoms with E-state index in [1.165, 1.54) is 17.4 Å². The van der Waals surface area contributed by atoms with Crippen LogP contribution in [0, 0.1) is 0 Å². The van der Waals surface area contributed by atoms with Crippen molar-refractivity contribution in [2.75, 3.05) is 5.32 Å². The molecule has 0 saturated carbocycles. The molecule has 0 atom stereocenters. The average molecular weight is 281 g/mol. The largest absolute Gasteiger partial charge is 0.321 e. The van der Waals surface area contributed by atoms with Gasteiger partial charge < -0.3 is 5.32 Å². The van der Waals surface area contributed by atoms with Gasteiger partial charge in [-0.05, 0) is 18.2 Å². The molecule has 0 spiro atoms. The first-order valence-electron chi connectivity index (χ1n) is 6.04. The monoisotopic (exact) mass is 281 g/mol. The summed E-state index contributed by atoms with van der Waals surface area (Å²) in [5.74, 6) is -0.198. The molecule has 0 unspecified atom stereocenters. The van der Waals surface area contributed by atoms with E-state index in [0.717, 1.165) is 16.6 Å². The zero-order chi connectivity index (χ0) is 13.8. The Hall–Kier alpha value is -2.53. The quantitative estimate of drug-likeness (QED) is 0.749. The first-order chi connectivity index (χ1) is 9.83. The van der Waals surface area contributed by atoms with E-state index in [0.29, 0.717) is 5.69 Å². The third-order valence-corrected chi connectivity index (χ3v) is 3.35. The van der Waals surface area contributed by atoms with Crippen LogP contribution in [0.25, 0.3) is 17.0 Å². The number of nitrogens with one attached hydrogen (secondary N) is 1. The fourth-order valence-corrected chi connectivity index (χ4v) is 2.37. The maximum atomic E-state index is 11.9. The fourth-order valence-electron chi connectivity index (χ4n) is 1.84. The molecular weight excluding hydrogens is 270 g/mol. The zero-order valence-corrected chi connectivity index (χ0v) is 11.3. The van der Waals surface area contributed by atoms with Crippen LogP contribution in [0.15, 0.2) is 53.5 Å². The molecule has 0 radical (unpaired) electrons. The third-order valence-electron chi connectivity index (χ3n) is 2.75. The molecule has 0 aliphatic rings. The highest BCUT2D eigenvalue weighted by Gasteiger charge is 2.03. The van der Waals surface area contributed by atoms with Gasteiger partial charge >= 0.3 is 0 Å². The van der Waals surface area contributed by atoms with Crippen LogP contribution in [-0.2, 0) is 4.79 Å². The van der Waals surface area contributed by atoms with Gasteiger partial charge in [-0.25, -0.2) is 4.98 Å². The lowest BCUT2D eigenvalue weighted by atomic mass is 10.2. The van der Waals surface area contributed by atoms with E-state index >= 15 is 0 Å². The van der Waals surface area contributed by atoms with Crippen LogP contribution in [0.3, 0.4) is 0 Å². The minimum absolute atomic E-state index is 0.198. The average Bonchev–Trinajstić information content (AvgIpc) is 2.99. The van der Waals surface area contributed by atoms with Crippen LogP contribution >= 0.6 is 11.3 Å². The van der Waals surface area contributed by atoms with E-state index in [1.54, 1.807) is 17.8 Å². The molecule has 0 aliphatic heterocycles. The SMILES string of the molecule is O=C(/C=C\c1cscn1)Nc1cccc2cccnc12. The minimum atomic E-state index is -0.198.